The number of esters is 1. The van der Waals surface area contributed by atoms with Gasteiger partial charge in [-0.25, -0.2) is 4.79 Å². The van der Waals surface area contributed by atoms with Crippen molar-refractivity contribution in [3.8, 4) is 11.5 Å². The number of carbonyl (C=O) groups is 2. The smallest absolute Gasteiger partial charge is 0.341 e. The summed E-state index contributed by atoms with van der Waals surface area (Å²) in [5, 5.41) is 3.35. The maximum atomic E-state index is 12.3. The second kappa shape index (κ2) is 8.23. The summed E-state index contributed by atoms with van der Waals surface area (Å²) < 4.78 is 15.7. The molecule has 1 amide bonds. The Morgan fingerprint density at radius 2 is 1.88 bits per heavy atom. The Kier molecular flexibility index (Phi) is 5.78. The van der Waals surface area contributed by atoms with Crippen molar-refractivity contribution in [2.24, 2.45) is 0 Å². The van der Waals surface area contributed by atoms with Crippen LogP contribution in [0, 0.1) is 0 Å². The summed E-state index contributed by atoms with van der Waals surface area (Å²) in [6.07, 6.45) is 2.81. The lowest BCUT2D eigenvalue weighted by molar-refractivity contribution is -0.118. The number of carbonyl (C=O) groups excluding carboxylic acids is 2. The molecule has 0 unspecified atom stereocenters. The van der Waals surface area contributed by atoms with Crippen molar-refractivity contribution in [2.75, 3.05) is 25.6 Å². The molecule has 1 heterocycles. The molecule has 1 aromatic heterocycles. The maximum absolute atomic E-state index is 12.3. The second-order valence-corrected chi connectivity index (χ2v) is 6.90. The molecule has 0 saturated carbocycles. The predicted molar refractivity (Wildman–Crippen MR) is 99.4 cm³/mol. The number of hydrogen-bond donors (Lipinski definition) is 1. The van der Waals surface area contributed by atoms with Gasteiger partial charge in [-0.1, -0.05) is 0 Å². The first-order chi connectivity index (χ1) is 12.6. The molecule has 0 saturated heterocycles. The van der Waals surface area contributed by atoms with E-state index < -0.39 is 0 Å². The minimum atomic E-state index is -0.377. The summed E-state index contributed by atoms with van der Waals surface area (Å²) in [5.41, 5.74) is 1.52. The van der Waals surface area contributed by atoms with Gasteiger partial charge in [-0.15, -0.1) is 11.3 Å². The molecule has 1 N–H and O–H groups in total. The van der Waals surface area contributed by atoms with Crippen LogP contribution in [0.25, 0.3) is 0 Å². The lowest BCUT2D eigenvalue weighted by atomic mass is 10.1. The molecule has 138 valence electrons. The molecular formula is C19H21NO5S. The average molecular weight is 375 g/mol. The molecule has 1 aliphatic rings. The van der Waals surface area contributed by atoms with Gasteiger partial charge in [0.2, 0.25) is 0 Å². The van der Waals surface area contributed by atoms with Gasteiger partial charge in [-0.3, -0.25) is 4.79 Å². The van der Waals surface area contributed by atoms with Gasteiger partial charge in [0.15, 0.2) is 6.61 Å². The van der Waals surface area contributed by atoms with Gasteiger partial charge in [0.25, 0.3) is 5.91 Å². The number of aryl methyl sites for hydroxylation is 1. The molecule has 1 aliphatic carbocycles. The van der Waals surface area contributed by atoms with Crippen molar-refractivity contribution in [3.05, 3.63) is 40.3 Å². The zero-order valence-corrected chi connectivity index (χ0v) is 15.6. The Balaban J connectivity index is 1.66. The van der Waals surface area contributed by atoms with Crippen LogP contribution in [0.3, 0.4) is 0 Å². The Hall–Kier alpha value is -2.54. The monoisotopic (exact) mass is 375 g/mol. The highest BCUT2D eigenvalue weighted by Crippen LogP contribution is 2.39. The van der Waals surface area contributed by atoms with E-state index in [1.165, 1.54) is 11.3 Å². The number of nitrogens with one attached hydrogen (secondary N) is 1. The van der Waals surface area contributed by atoms with Crippen molar-refractivity contribution in [1.29, 1.82) is 0 Å². The standard InChI is InChI=1S/C19H21NO5S/c1-3-24-19(22)17-14-5-4-6-15(14)26-18(17)20-16(21)11-25-13-9-7-12(23-2)8-10-13/h7-10H,3-6,11H2,1-2H3,(H,20,21). The third kappa shape index (κ3) is 3.99. The fourth-order valence-corrected chi connectivity index (χ4v) is 4.19. The van der Waals surface area contributed by atoms with Crippen LogP contribution in [0.4, 0.5) is 5.00 Å². The number of thiophene rings is 1. The Morgan fingerprint density at radius 3 is 2.58 bits per heavy atom. The molecule has 7 heteroatoms. The van der Waals surface area contributed by atoms with E-state index >= 15 is 0 Å². The fourth-order valence-electron chi connectivity index (χ4n) is 2.90. The SMILES string of the molecule is CCOC(=O)c1c(NC(=O)COc2ccc(OC)cc2)sc2c1CCC2. The van der Waals surface area contributed by atoms with Crippen molar-refractivity contribution < 1.29 is 23.8 Å². The van der Waals surface area contributed by atoms with E-state index in [9.17, 15) is 9.59 Å². The third-order valence-corrected chi connectivity index (χ3v) is 5.29. The normalized spacial score (nSPS) is 12.4. The minimum Gasteiger partial charge on any atom is -0.497 e. The first-order valence-corrected chi connectivity index (χ1v) is 9.32. The number of ether oxygens (including phenoxy) is 3. The molecule has 3 rings (SSSR count). The summed E-state index contributed by atoms with van der Waals surface area (Å²) in [6.45, 7) is 1.93. The molecule has 0 atom stereocenters. The van der Waals surface area contributed by atoms with Crippen LogP contribution >= 0.6 is 11.3 Å². The van der Waals surface area contributed by atoms with E-state index in [1.807, 2.05) is 0 Å². The first-order valence-electron chi connectivity index (χ1n) is 8.50. The summed E-state index contributed by atoms with van der Waals surface area (Å²) in [5.74, 6) is 0.596. The quantitative estimate of drug-likeness (QED) is 0.751. The van der Waals surface area contributed by atoms with Crippen LogP contribution in [0.5, 0.6) is 11.5 Å². The molecule has 1 aromatic carbocycles. The summed E-state index contributed by atoms with van der Waals surface area (Å²) >= 11 is 1.45. The number of fused-ring (bicyclic) bond motifs is 1. The van der Waals surface area contributed by atoms with Crippen molar-refractivity contribution in [2.45, 2.75) is 26.2 Å². The number of methoxy groups -OCH3 is 1. The Labute approximate surface area is 156 Å². The number of benzene rings is 1. The summed E-state index contributed by atoms with van der Waals surface area (Å²) in [4.78, 5) is 25.7. The predicted octanol–water partition coefficient (Wildman–Crippen LogP) is 3.44. The zero-order chi connectivity index (χ0) is 18.5. The topological polar surface area (TPSA) is 73.9 Å². The molecule has 0 fully saturated rings. The molecule has 2 aromatic rings. The maximum Gasteiger partial charge on any atom is 0.341 e. The van der Waals surface area contributed by atoms with Crippen LogP contribution < -0.4 is 14.8 Å². The van der Waals surface area contributed by atoms with E-state index in [1.54, 1.807) is 38.3 Å². The minimum absolute atomic E-state index is 0.142. The zero-order valence-electron chi connectivity index (χ0n) is 14.8. The van der Waals surface area contributed by atoms with E-state index in [0.29, 0.717) is 28.7 Å². The van der Waals surface area contributed by atoms with Crippen molar-refractivity contribution in [3.63, 3.8) is 0 Å². The third-order valence-electron chi connectivity index (χ3n) is 4.08. The van der Waals surface area contributed by atoms with Gasteiger partial charge in [0.05, 0.1) is 19.3 Å². The van der Waals surface area contributed by atoms with E-state index in [0.717, 1.165) is 29.7 Å². The van der Waals surface area contributed by atoms with Crippen LogP contribution in [0.1, 0.15) is 34.1 Å². The largest absolute Gasteiger partial charge is 0.497 e. The number of amides is 1. The van der Waals surface area contributed by atoms with Gasteiger partial charge in [-0.2, -0.15) is 0 Å². The highest BCUT2D eigenvalue weighted by atomic mass is 32.1. The molecular weight excluding hydrogens is 354 g/mol. The van der Waals surface area contributed by atoms with Crippen LogP contribution in [0.15, 0.2) is 24.3 Å². The molecule has 0 radical (unpaired) electrons. The highest BCUT2D eigenvalue weighted by Gasteiger charge is 2.28. The Bertz CT molecular complexity index is 797. The van der Waals surface area contributed by atoms with Gasteiger partial charge in [-0.05, 0) is 56.0 Å². The van der Waals surface area contributed by atoms with Crippen molar-refractivity contribution >= 4 is 28.2 Å². The number of rotatable bonds is 7. The van der Waals surface area contributed by atoms with Crippen molar-refractivity contribution in [1.82, 2.24) is 0 Å². The van der Waals surface area contributed by atoms with Crippen LogP contribution in [-0.2, 0) is 22.4 Å². The number of anilines is 1. The highest BCUT2D eigenvalue weighted by molar-refractivity contribution is 7.17. The summed E-state index contributed by atoms with van der Waals surface area (Å²) in [7, 11) is 1.59. The molecule has 0 spiro atoms. The fraction of sp³-hybridized carbons (Fsp3) is 0.368. The molecule has 0 aliphatic heterocycles. The van der Waals surface area contributed by atoms with Crippen LogP contribution in [-0.4, -0.2) is 32.2 Å². The second-order valence-electron chi connectivity index (χ2n) is 5.79. The van der Waals surface area contributed by atoms with E-state index in [-0.39, 0.29) is 18.5 Å². The van der Waals surface area contributed by atoms with Crippen LogP contribution in [0.2, 0.25) is 0 Å². The average Bonchev–Trinajstić information content (AvgIpc) is 3.21. The first kappa shape index (κ1) is 18.3. The molecule has 26 heavy (non-hydrogen) atoms. The van der Waals surface area contributed by atoms with E-state index in [2.05, 4.69) is 5.32 Å². The molecule has 6 nitrogen and oxygen atoms in total. The Morgan fingerprint density at radius 1 is 1.15 bits per heavy atom. The lowest BCUT2D eigenvalue weighted by Crippen LogP contribution is -2.21. The van der Waals surface area contributed by atoms with Gasteiger partial charge in [0.1, 0.15) is 16.5 Å². The van der Waals surface area contributed by atoms with Gasteiger partial charge < -0.3 is 19.5 Å². The summed E-state index contributed by atoms with van der Waals surface area (Å²) in [6, 6.07) is 6.98. The van der Waals surface area contributed by atoms with E-state index in [4.69, 9.17) is 14.2 Å². The lowest BCUT2D eigenvalue weighted by Gasteiger charge is -2.09. The molecule has 0 bridgehead atoms. The number of hydrogen-bond acceptors (Lipinski definition) is 6. The van der Waals surface area contributed by atoms with Gasteiger partial charge >= 0.3 is 5.97 Å². The van der Waals surface area contributed by atoms with Gasteiger partial charge in [0, 0.05) is 4.88 Å².